The molecule has 0 heterocycles. The number of nitro benzene ring substituents is 1. The fourth-order valence-corrected chi connectivity index (χ4v) is 2.28. The maximum atomic E-state index is 12.4. The van der Waals surface area contributed by atoms with E-state index in [2.05, 4.69) is 19.2 Å². The van der Waals surface area contributed by atoms with Gasteiger partial charge >= 0.3 is 0 Å². The van der Waals surface area contributed by atoms with Gasteiger partial charge in [0.15, 0.2) is 0 Å². The van der Waals surface area contributed by atoms with Crippen LogP contribution in [0.1, 0.15) is 31.1 Å². The van der Waals surface area contributed by atoms with Gasteiger partial charge in [0.05, 0.1) is 10.5 Å². The first-order valence-electron chi connectivity index (χ1n) is 7.04. The number of rotatable bonds is 6. The molecule has 7 nitrogen and oxygen atoms in total. The molecule has 1 atom stereocenters. The average molecular weight is 308 g/mol. The van der Waals surface area contributed by atoms with Gasteiger partial charge in [-0.15, -0.1) is 0 Å². The van der Waals surface area contributed by atoms with E-state index in [9.17, 15) is 14.9 Å². The molecule has 1 rings (SSSR count). The van der Waals surface area contributed by atoms with Gasteiger partial charge in [-0.1, -0.05) is 13.8 Å². The molecule has 0 spiro atoms. The van der Waals surface area contributed by atoms with Crippen LogP contribution < -0.4 is 11.1 Å². The molecule has 0 bridgehead atoms. The van der Waals surface area contributed by atoms with Crippen LogP contribution in [0, 0.1) is 15.5 Å². The van der Waals surface area contributed by atoms with Crippen molar-refractivity contribution in [2.24, 2.45) is 5.41 Å². The fraction of sp³-hybridized carbons (Fsp3) is 0.533. The molecule has 1 unspecified atom stereocenters. The minimum atomic E-state index is -0.546. The highest BCUT2D eigenvalue weighted by molar-refractivity contribution is 6.00. The molecular formula is C15H24N4O3. The molecule has 0 fully saturated rings. The molecule has 1 aromatic rings. The van der Waals surface area contributed by atoms with Crippen molar-refractivity contribution in [2.45, 2.75) is 26.8 Å². The number of amides is 1. The van der Waals surface area contributed by atoms with E-state index >= 15 is 0 Å². The Labute approximate surface area is 130 Å². The highest BCUT2D eigenvalue weighted by atomic mass is 16.6. The topological polar surface area (TPSA) is 101 Å². The maximum Gasteiger partial charge on any atom is 0.270 e. The van der Waals surface area contributed by atoms with Crippen molar-refractivity contribution >= 4 is 17.3 Å². The minimum Gasteiger partial charge on any atom is -0.398 e. The number of carbonyl (C=O) groups excluding carboxylic acids is 1. The van der Waals surface area contributed by atoms with Crippen LogP contribution in [-0.2, 0) is 0 Å². The summed E-state index contributed by atoms with van der Waals surface area (Å²) in [5.74, 6) is -0.402. The summed E-state index contributed by atoms with van der Waals surface area (Å²) in [6, 6.07) is 3.74. The van der Waals surface area contributed by atoms with Gasteiger partial charge in [0.1, 0.15) is 0 Å². The van der Waals surface area contributed by atoms with Crippen LogP contribution in [0.5, 0.6) is 0 Å². The van der Waals surface area contributed by atoms with Gasteiger partial charge in [-0.25, -0.2) is 0 Å². The van der Waals surface area contributed by atoms with Crippen molar-refractivity contribution in [3.8, 4) is 0 Å². The monoisotopic (exact) mass is 308 g/mol. The fourth-order valence-electron chi connectivity index (χ4n) is 2.28. The summed E-state index contributed by atoms with van der Waals surface area (Å²) in [5.41, 5.74) is 5.80. The summed E-state index contributed by atoms with van der Waals surface area (Å²) >= 11 is 0. The highest BCUT2D eigenvalue weighted by Crippen LogP contribution is 2.23. The van der Waals surface area contributed by atoms with Gasteiger partial charge in [0, 0.05) is 30.4 Å². The largest absolute Gasteiger partial charge is 0.398 e. The molecule has 0 aliphatic carbocycles. The number of nitrogens with two attached hydrogens (primary N) is 1. The summed E-state index contributed by atoms with van der Waals surface area (Å²) in [6.45, 7) is 6.80. The smallest absolute Gasteiger partial charge is 0.270 e. The minimum absolute atomic E-state index is 0.124. The standard InChI is InChI=1S/C15H24N4O3/c1-10(15(2,3)9-18(4)5)17-14(20)12-8-11(19(21)22)6-7-13(12)16/h6-8,10H,9,16H2,1-5H3,(H,17,20). The van der Waals surface area contributed by atoms with Crippen molar-refractivity contribution < 1.29 is 9.72 Å². The van der Waals surface area contributed by atoms with E-state index in [1.165, 1.54) is 18.2 Å². The van der Waals surface area contributed by atoms with Crippen LogP contribution in [0.4, 0.5) is 11.4 Å². The first-order valence-corrected chi connectivity index (χ1v) is 7.04. The number of nitro groups is 1. The van der Waals surface area contributed by atoms with Crippen molar-refractivity contribution in [3.63, 3.8) is 0 Å². The Hall–Kier alpha value is -2.15. The number of carbonyl (C=O) groups is 1. The van der Waals surface area contributed by atoms with Crippen LogP contribution >= 0.6 is 0 Å². The summed E-state index contributed by atoms with van der Waals surface area (Å²) in [7, 11) is 3.93. The van der Waals surface area contributed by atoms with E-state index in [-0.39, 0.29) is 28.4 Å². The Morgan fingerprint density at radius 3 is 2.55 bits per heavy atom. The Balaban J connectivity index is 2.93. The zero-order valence-electron chi connectivity index (χ0n) is 13.7. The van der Waals surface area contributed by atoms with Crippen molar-refractivity contribution in [3.05, 3.63) is 33.9 Å². The molecular weight excluding hydrogens is 284 g/mol. The Kier molecular flexibility index (Phi) is 5.48. The molecule has 0 radical (unpaired) electrons. The van der Waals surface area contributed by atoms with Gasteiger partial charge in [-0.3, -0.25) is 14.9 Å². The number of nitrogens with one attached hydrogen (secondary N) is 1. The van der Waals surface area contributed by atoms with E-state index in [1.807, 2.05) is 25.9 Å². The van der Waals surface area contributed by atoms with Crippen LogP contribution in [0.15, 0.2) is 18.2 Å². The third kappa shape index (κ3) is 4.42. The zero-order chi connectivity index (χ0) is 17.1. The molecule has 1 amide bonds. The van der Waals surface area contributed by atoms with E-state index in [0.29, 0.717) is 0 Å². The van der Waals surface area contributed by atoms with Gasteiger partial charge in [-0.05, 0) is 32.5 Å². The lowest BCUT2D eigenvalue weighted by Gasteiger charge is -2.34. The molecule has 0 aromatic heterocycles. The Bertz CT molecular complexity index is 570. The Morgan fingerprint density at radius 1 is 1.45 bits per heavy atom. The highest BCUT2D eigenvalue weighted by Gasteiger charge is 2.28. The zero-order valence-corrected chi connectivity index (χ0v) is 13.7. The van der Waals surface area contributed by atoms with Crippen LogP contribution in [0.3, 0.4) is 0 Å². The normalized spacial score (nSPS) is 13.0. The summed E-state index contributed by atoms with van der Waals surface area (Å²) in [4.78, 5) is 24.7. The van der Waals surface area contributed by atoms with E-state index in [4.69, 9.17) is 5.73 Å². The molecule has 0 aliphatic heterocycles. The van der Waals surface area contributed by atoms with E-state index in [1.54, 1.807) is 0 Å². The lowest BCUT2D eigenvalue weighted by molar-refractivity contribution is -0.384. The number of hydrogen-bond donors (Lipinski definition) is 2. The summed E-state index contributed by atoms with van der Waals surface area (Å²) < 4.78 is 0. The van der Waals surface area contributed by atoms with Crippen LogP contribution in [0.25, 0.3) is 0 Å². The third-order valence-electron chi connectivity index (χ3n) is 3.74. The van der Waals surface area contributed by atoms with Crippen LogP contribution in [-0.4, -0.2) is 42.4 Å². The SMILES string of the molecule is CC(NC(=O)c1cc([N+](=O)[O-])ccc1N)C(C)(C)CN(C)C. The first kappa shape index (κ1) is 17.9. The predicted octanol–water partition coefficient (Wildman–Crippen LogP) is 1.88. The molecule has 0 aliphatic rings. The average Bonchev–Trinajstić information content (AvgIpc) is 2.36. The molecule has 0 saturated carbocycles. The van der Waals surface area contributed by atoms with E-state index < -0.39 is 10.8 Å². The second-order valence-electron chi connectivity index (χ2n) is 6.45. The second kappa shape index (κ2) is 6.74. The predicted molar refractivity (Wildman–Crippen MR) is 86.8 cm³/mol. The molecule has 0 saturated heterocycles. The summed E-state index contributed by atoms with van der Waals surface area (Å²) in [5, 5.41) is 13.7. The molecule has 1 aromatic carbocycles. The lowest BCUT2D eigenvalue weighted by atomic mass is 9.84. The molecule has 122 valence electrons. The van der Waals surface area contributed by atoms with Gasteiger partial charge in [-0.2, -0.15) is 0 Å². The molecule has 7 heteroatoms. The maximum absolute atomic E-state index is 12.4. The van der Waals surface area contributed by atoms with Crippen molar-refractivity contribution in [1.29, 1.82) is 0 Å². The molecule has 22 heavy (non-hydrogen) atoms. The van der Waals surface area contributed by atoms with Crippen LogP contribution in [0.2, 0.25) is 0 Å². The number of nitrogen functional groups attached to an aromatic ring is 1. The van der Waals surface area contributed by atoms with Crippen molar-refractivity contribution in [1.82, 2.24) is 10.2 Å². The Morgan fingerprint density at radius 2 is 2.05 bits per heavy atom. The second-order valence-corrected chi connectivity index (χ2v) is 6.45. The lowest BCUT2D eigenvalue weighted by Crippen LogP contribution is -2.47. The van der Waals surface area contributed by atoms with Gasteiger partial charge < -0.3 is 16.0 Å². The first-order chi connectivity index (χ1) is 10.0. The van der Waals surface area contributed by atoms with E-state index in [0.717, 1.165) is 6.54 Å². The quantitative estimate of drug-likeness (QED) is 0.474. The van der Waals surface area contributed by atoms with Gasteiger partial charge in [0.2, 0.25) is 0 Å². The molecule has 3 N–H and O–H groups in total. The number of nitrogens with zero attached hydrogens (tertiary/aromatic N) is 2. The summed E-state index contributed by atoms with van der Waals surface area (Å²) in [6.07, 6.45) is 0. The number of hydrogen-bond acceptors (Lipinski definition) is 5. The van der Waals surface area contributed by atoms with Gasteiger partial charge in [0.25, 0.3) is 11.6 Å². The number of non-ortho nitro benzene ring substituents is 1. The number of anilines is 1. The number of benzene rings is 1. The van der Waals surface area contributed by atoms with Crippen molar-refractivity contribution in [2.75, 3.05) is 26.4 Å². The third-order valence-corrected chi connectivity index (χ3v) is 3.74.